The molecule has 2 rings (SSSR count). The van der Waals surface area contributed by atoms with E-state index in [1.54, 1.807) is 38.4 Å². The molecule has 2 aromatic rings. The Hall–Kier alpha value is -2.82. The van der Waals surface area contributed by atoms with Gasteiger partial charge in [-0.2, -0.15) is 0 Å². The number of nitrogens with zero attached hydrogens (tertiary/aromatic N) is 1. The van der Waals surface area contributed by atoms with Crippen LogP contribution >= 0.6 is 0 Å². The van der Waals surface area contributed by atoms with Crippen molar-refractivity contribution in [2.75, 3.05) is 26.0 Å². The minimum absolute atomic E-state index is 0.00980. The zero-order chi connectivity index (χ0) is 18.2. The third kappa shape index (κ3) is 5.35. The lowest BCUT2D eigenvalue weighted by Gasteiger charge is -2.18. The summed E-state index contributed by atoms with van der Waals surface area (Å²) in [6, 6.07) is 17.1. The summed E-state index contributed by atoms with van der Waals surface area (Å²) in [5.74, 6) is -0.109. The predicted octanol–water partition coefficient (Wildman–Crippen LogP) is 3.07. The number of carbonyl (C=O) groups excluding carboxylic acids is 2. The Morgan fingerprint density at radius 3 is 2.20 bits per heavy atom. The van der Waals surface area contributed by atoms with Crippen molar-refractivity contribution in [3.05, 3.63) is 65.7 Å². The van der Waals surface area contributed by atoms with Gasteiger partial charge in [0.1, 0.15) is 0 Å². The van der Waals surface area contributed by atoms with Crippen molar-refractivity contribution in [2.45, 2.75) is 19.4 Å². The SMILES string of the molecule is CCC(NC(=O)CNc1ccc(C(=O)N(C)C)cc1)c1ccccc1. The van der Waals surface area contributed by atoms with Gasteiger partial charge in [-0.05, 0) is 36.2 Å². The van der Waals surface area contributed by atoms with Gasteiger partial charge < -0.3 is 15.5 Å². The van der Waals surface area contributed by atoms with E-state index < -0.39 is 0 Å². The maximum absolute atomic E-state index is 12.2. The minimum atomic E-state index is -0.0656. The van der Waals surface area contributed by atoms with Crippen molar-refractivity contribution < 1.29 is 9.59 Å². The Balaban J connectivity index is 1.88. The summed E-state index contributed by atoms with van der Waals surface area (Å²) in [5.41, 5.74) is 2.53. The molecule has 2 aromatic carbocycles. The van der Waals surface area contributed by atoms with Gasteiger partial charge in [0, 0.05) is 25.3 Å². The summed E-state index contributed by atoms with van der Waals surface area (Å²) in [7, 11) is 3.44. The second-order valence-electron chi connectivity index (χ2n) is 6.07. The topological polar surface area (TPSA) is 61.4 Å². The second-order valence-corrected chi connectivity index (χ2v) is 6.07. The first-order valence-corrected chi connectivity index (χ1v) is 8.41. The smallest absolute Gasteiger partial charge is 0.253 e. The van der Waals surface area contributed by atoms with Crippen LogP contribution in [-0.2, 0) is 4.79 Å². The first kappa shape index (κ1) is 18.5. The largest absolute Gasteiger partial charge is 0.376 e. The number of amides is 2. The van der Waals surface area contributed by atoms with Crippen LogP contribution < -0.4 is 10.6 Å². The molecule has 5 nitrogen and oxygen atoms in total. The number of benzene rings is 2. The molecule has 0 spiro atoms. The van der Waals surface area contributed by atoms with Gasteiger partial charge in [-0.25, -0.2) is 0 Å². The summed E-state index contributed by atoms with van der Waals surface area (Å²) in [5, 5.41) is 6.12. The molecule has 1 unspecified atom stereocenters. The molecule has 25 heavy (non-hydrogen) atoms. The van der Waals surface area contributed by atoms with E-state index in [4.69, 9.17) is 0 Å². The molecule has 2 amide bonds. The van der Waals surface area contributed by atoms with Gasteiger partial charge in [0.15, 0.2) is 0 Å². The molecule has 0 aliphatic heterocycles. The molecule has 0 aliphatic carbocycles. The average molecular weight is 339 g/mol. The number of hydrogen-bond acceptors (Lipinski definition) is 3. The highest BCUT2D eigenvalue weighted by Gasteiger charge is 2.12. The van der Waals surface area contributed by atoms with Crippen molar-refractivity contribution in [1.29, 1.82) is 0 Å². The van der Waals surface area contributed by atoms with E-state index in [0.717, 1.165) is 17.7 Å². The quantitative estimate of drug-likeness (QED) is 0.815. The number of hydrogen-bond donors (Lipinski definition) is 2. The van der Waals surface area contributed by atoms with E-state index in [1.165, 1.54) is 4.90 Å². The highest BCUT2D eigenvalue weighted by Crippen LogP contribution is 2.16. The Kier molecular flexibility index (Phi) is 6.57. The number of anilines is 1. The van der Waals surface area contributed by atoms with Crippen molar-refractivity contribution in [2.24, 2.45) is 0 Å². The van der Waals surface area contributed by atoms with Gasteiger partial charge >= 0.3 is 0 Å². The highest BCUT2D eigenvalue weighted by atomic mass is 16.2. The first-order chi connectivity index (χ1) is 12.0. The summed E-state index contributed by atoms with van der Waals surface area (Å²) in [6.07, 6.45) is 0.830. The van der Waals surface area contributed by atoms with Crippen LogP contribution in [0.25, 0.3) is 0 Å². The maximum Gasteiger partial charge on any atom is 0.253 e. The Bertz CT molecular complexity index is 697. The molecule has 0 heterocycles. The zero-order valence-electron chi connectivity index (χ0n) is 15.0. The fraction of sp³-hybridized carbons (Fsp3) is 0.300. The van der Waals surface area contributed by atoms with Gasteiger partial charge in [-0.3, -0.25) is 9.59 Å². The van der Waals surface area contributed by atoms with E-state index in [-0.39, 0.29) is 24.4 Å². The van der Waals surface area contributed by atoms with Crippen molar-refractivity contribution in [1.82, 2.24) is 10.2 Å². The van der Waals surface area contributed by atoms with Crippen LogP contribution in [0.1, 0.15) is 35.3 Å². The molecule has 0 aromatic heterocycles. The molecule has 0 aliphatic rings. The van der Waals surface area contributed by atoms with Crippen LogP contribution in [0, 0.1) is 0 Å². The van der Waals surface area contributed by atoms with Crippen LogP contribution in [-0.4, -0.2) is 37.4 Å². The molecule has 0 saturated carbocycles. The number of rotatable bonds is 7. The average Bonchev–Trinajstić information content (AvgIpc) is 2.65. The summed E-state index contributed by atoms with van der Waals surface area (Å²) >= 11 is 0. The lowest BCUT2D eigenvalue weighted by atomic mass is 10.0. The fourth-order valence-corrected chi connectivity index (χ4v) is 2.52. The van der Waals surface area contributed by atoms with Crippen LogP contribution in [0.3, 0.4) is 0 Å². The molecular formula is C20H25N3O2. The van der Waals surface area contributed by atoms with Gasteiger partial charge in [0.2, 0.25) is 5.91 Å². The predicted molar refractivity (Wildman–Crippen MR) is 101 cm³/mol. The molecule has 1 atom stereocenters. The van der Waals surface area contributed by atoms with Crippen molar-refractivity contribution in [3.63, 3.8) is 0 Å². The van der Waals surface area contributed by atoms with Gasteiger partial charge in [0.05, 0.1) is 12.6 Å². The van der Waals surface area contributed by atoms with E-state index in [2.05, 4.69) is 10.6 Å². The van der Waals surface area contributed by atoms with Crippen LogP contribution in [0.5, 0.6) is 0 Å². The lowest BCUT2D eigenvalue weighted by Crippen LogP contribution is -2.33. The van der Waals surface area contributed by atoms with Crippen LogP contribution in [0.4, 0.5) is 5.69 Å². The van der Waals surface area contributed by atoms with Gasteiger partial charge in [-0.15, -0.1) is 0 Å². The standard InChI is InChI=1S/C20H25N3O2/c1-4-18(15-8-6-5-7-9-15)22-19(24)14-21-17-12-10-16(11-13-17)20(25)23(2)3/h5-13,18,21H,4,14H2,1-3H3,(H,22,24). The van der Waals surface area contributed by atoms with Gasteiger partial charge in [-0.1, -0.05) is 37.3 Å². The monoisotopic (exact) mass is 339 g/mol. The number of carbonyl (C=O) groups is 2. The van der Waals surface area contributed by atoms with Crippen LogP contribution in [0.2, 0.25) is 0 Å². The normalized spacial score (nSPS) is 11.5. The first-order valence-electron chi connectivity index (χ1n) is 8.41. The van der Waals surface area contributed by atoms with E-state index in [1.807, 2.05) is 37.3 Å². The van der Waals surface area contributed by atoms with Crippen LogP contribution in [0.15, 0.2) is 54.6 Å². The van der Waals surface area contributed by atoms with E-state index in [9.17, 15) is 9.59 Å². The van der Waals surface area contributed by atoms with Gasteiger partial charge in [0.25, 0.3) is 5.91 Å². The second kappa shape index (κ2) is 8.87. The summed E-state index contributed by atoms with van der Waals surface area (Å²) < 4.78 is 0. The molecule has 0 saturated heterocycles. The molecule has 0 bridgehead atoms. The Morgan fingerprint density at radius 1 is 1.00 bits per heavy atom. The number of nitrogens with one attached hydrogen (secondary N) is 2. The molecule has 2 N–H and O–H groups in total. The maximum atomic E-state index is 12.2. The molecular weight excluding hydrogens is 314 g/mol. The highest BCUT2D eigenvalue weighted by molar-refractivity contribution is 5.94. The third-order valence-electron chi connectivity index (χ3n) is 3.94. The van der Waals surface area contributed by atoms with Crippen molar-refractivity contribution in [3.8, 4) is 0 Å². The minimum Gasteiger partial charge on any atom is -0.376 e. The van der Waals surface area contributed by atoms with Crippen molar-refractivity contribution >= 4 is 17.5 Å². The zero-order valence-corrected chi connectivity index (χ0v) is 15.0. The molecule has 0 radical (unpaired) electrons. The third-order valence-corrected chi connectivity index (χ3v) is 3.94. The Labute approximate surface area is 149 Å². The Morgan fingerprint density at radius 2 is 1.64 bits per heavy atom. The summed E-state index contributed by atoms with van der Waals surface area (Å²) in [4.78, 5) is 25.6. The molecule has 0 fully saturated rings. The summed E-state index contributed by atoms with van der Waals surface area (Å²) in [6.45, 7) is 2.23. The fourth-order valence-electron chi connectivity index (χ4n) is 2.52. The molecule has 5 heteroatoms. The molecule has 132 valence electrons. The van der Waals surface area contributed by atoms with E-state index in [0.29, 0.717) is 5.56 Å². The van der Waals surface area contributed by atoms with E-state index >= 15 is 0 Å². The lowest BCUT2D eigenvalue weighted by molar-refractivity contribution is -0.120.